The molecule has 1 heterocycles. The Balaban J connectivity index is 1.48. The molecule has 0 saturated carbocycles. The topological polar surface area (TPSA) is 84.5 Å². The number of imide groups is 1. The molecule has 0 aromatic heterocycles. The first kappa shape index (κ1) is 18.4. The van der Waals surface area contributed by atoms with Gasteiger partial charge < -0.3 is 10.1 Å². The molecule has 8 heteroatoms. The third-order valence-electron chi connectivity index (χ3n) is 3.72. The normalized spacial score (nSPS) is 12.5. The van der Waals surface area contributed by atoms with E-state index in [0.29, 0.717) is 35.1 Å². The standard InChI is InChI=1S/C18H14BrClN2O4/c19-10-3-6-15(14(20)8-10)26-7-1-2-16(23)21-11-4-5-12-13(9-11)18(25)22-17(12)24/h3-6,8-9H,1-2,7H2,(H,21,23)(H,22,24,25). The van der Waals surface area contributed by atoms with Gasteiger partial charge in [-0.15, -0.1) is 0 Å². The van der Waals surface area contributed by atoms with E-state index in [-0.39, 0.29) is 17.9 Å². The van der Waals surface area contributed by atoms with Gasteiger partial charge in [0.2, 0.25) is 5.91 Å². The van der Waals surface area contributed by atoms with Crippen molar-refractivity contribution in [3.63, 3.8) is 0 Å². The number of halogens is 2. The molecule has 0 bridgehead atoms. The lowest BCUT2D eigenvalue weighted by molar-refractivity contribution is -0.116. The van der Waals surface area contributed by atoms with Crippen molar-refractivity contribution in [2.75, 3.05) is 11.9 Å². The molecule has 0 unspecified atom stereocenters. The smallest absolute Gasteiger partial charge is 0.259 e. The van der Waals surface area contributed by atoms with Crippen LogP contribution in [0.1, 0.15) is 33.6 Å². The number of amides is 3. The minimum absolute atomic E-state index is 0.208. The van der Waals surface area contributed by atoms with Gasteiger partial charge in [-0.2, -0.15) is 0 Å². The van der Waals surface area contributed by atoms with Crippen LogP contribution in [-0.4, -0.2) is 24.3 Å². The molecule has 0 radical (unpaired) electrons. The van der Waals surface area contributed by atoms with E-state index in [2.05, 4.69) is 26.6 Å². The number of benzene rings is 2. The van der Waals surface area contributed by atoms with Crippen molar-refractivity contribution < 1.29 is 19.1 Å². The highest BCUT2D eigenvalue weighted by Crippen LogP contribution is 2.27. The molecule has 2 aromatic carbocycles. The van der Waals surface area contributed by atoms with Crippen LogP contribution in [0.2, 0.25) is 5.02 Å². The SMILES string of the molecule is O=C(CCCOc1ccc(Br)cc1Cl)Nc1ccc2c(c1)C(=O)NC2=O. The summed E-state index contributed by atoms with van der Waals surface area (Å²) in [4.78, 5) is 35.1. The summed E-state index contributed by atoms with van der Waals surface area (Å²) in [6.45, 7) is 0.343. The number of carbonyl (C=O) groups excluding carboxylic acids is 3. The zero-order chi connectivity index (χ0) is 18.7. The van der Waals surface area contributed by atoms with Crippen molar-refractivity contribution >= 4 is 50.9 Å². The summed E-state index contributed by atoms with van der Waals surface area (Å²) in [5.74, 6) is -0.530. The third-order valence-corrected chi connectivity index (χ3v) is 4.51. The predicted molar refractivity (Wildman–Crippen MR) is 101 cm³/mol. The quantitative estimate of drug-likeness (QED) is 0.532. The van der Waals surface area contributed by atoms with Crippen LogP contribution < -0.4 is 15.4 Å². The van der Waals surface area contributed by atoms with Gasteiger partial charge in [0.15, 0.2) is 0 Å². The lowest BCUT2D eigenvalue weighted by Crippen LogP contribution is -2.19. The summed E-state index contributed by atoms with van der Waals surface area (Å²) in [5.41, 5.74) is 1.05. The Morgan fingerprint density at radius 1 is 1.12 bits per heavy atom. The van der Waals surface area contributed by atoms with Gasteiger partial charge >= 0.3 is 0 Å². The zero-order valence-corrected chi connectivity index (χ0v) is 15.8. The number of hydrogen-bond donors (Lipinski definition) is 2. The summed E-state index contributed by atoms with van der Waals surface area (Å²) >= 11 is 9.37. The third kappa shape index (κ3) is 4.23. The van der Waals surface area contributed by atoms with Crippen molar-refractivity contribution in [2.45, 2.75) is 12.8 Å². The number of fused-ring (bicyclic) bond motifs is 1. The maximum absolute atomic E-state index is 12.0. The molecular formula is C18H14BrClN2O4. The first-order chi connectivity index (χ1) is 12.4. The van der Waals surface area contributed by atoms with Gasteiger partial charge in [0.25, 0.3) is 11.8 Å². The second-order valence-electron chi connectivity index (χ2n) is 5.62. The van der Waals surface area contributed by atoms with Crippen molar-refractivity contribution in [3.05, 3.63) is 57.0 Å². The van der Waals surface area contributed by atoms with E-state index >= 15 is 0 Å². The second-order valence-corrected chi connectivity index (χ2v) is 6.94. The highest BCUT2D eigenvalue weighted by atomic mass is 79.9. The molecular weight excluding hydrogens is 424 g/mol. The van der Waals surface area contributed by atoms with Crippen LogP contribution >= 0.6 is 27.5 Å². The molecule has 0 fully saturated rings. The molecule has 3 rings (SSSR count). The van der Waals surface area contributed by atoms with Crippen molar-refractivity contribution in [1.29, 1.82) is 0 Å². The molecule has 0 aliphatic carbocycles. The Morgan fingerprint density at radius 3 is 2.65 bits per heavy atom. The highest BCUT2D eigenvalue weighted by Gasteiger charge is 2.26. The van der Waals surface area contributed by atoms with Gasteiger partial charge in [0.05, 0.1) is 22.8 Å². The van der Waals surface area contributed by atoms with Gasteiger partial charge in [-0.25, -0.2) is 0 Å². The van der Waals surface area contributed by atoms with Gasteiger partial charge in [-0.3, -0.25) is 19.7 Å². The van der Waals surface area contributed by atoms with Crippen molar-refractivity contribution in [1.82, 2.24) is 5.32 Å². The first-order valence-corrected chi connectivity index (χ1v) is 8.98. The van der Waals surface area contributed by atoms with E-state index in [1.807, 2.05) is 6.07 Å². The van der Waals surface area contributed by atoms with Crippen LogP contribution in [0.15, 0.2) is 40.9 Å². The van der Waals surface area contributed by atoms with Crippen LogP contribution in [0.5, 0.6) is 5.75 Å². The molecule has 1 aliphatic rings. The minimum atomic E-state index is -0.458. The molecule has 6 nitrogen and oxygen atoms in total. The number of carbonyl (C=O) groups is 3. The van der Waals surface area contributed by atoms with Crippen molar-refractivity contribution in [3.8, 4) is 5.75 Å². The van der Waals surface area contributed by atoms with E-state index < -0.39 is 11.8 Å². The highest BCUT2D eigenvalue weighted by molar-refractivity contribution is 9.10. The fraction of sp³-hybridized carbons (Fsp3) is 0.167. The van der Waals surface area contributed by atoms with Crippen LogP contribution in [0.4, 0.5) is 5.69 Å². The summed E-state index contributed by atoms with van der Waals surface area (Å²) in [6, 6.07) is 9.91. The average Bonchev–Trinajstić information content (AvgIpc) is 2.87. The molecule has 1 aliphatic heterocycles. The van der Waals surface area contributed by atoms with E-state index in [0.717, 1.165) is 4.47 Å². The number of ether oxygens (including phenoxy) is 1. The maximum atomic E-state index is 12.0. The Bertz CT molecular complexity index is 901. The van der Waals surface area contributed by atoms with Crippen molar-refractivity contribution in [2.24, 2.45) is 0 Å². The van der Waals surface area contributed by atoms with Gasteiger partial charge in [0, 0.05) is 16.6 Å². The molecule has 134 valence electrons. The Kier molecular flexibility index (Phi) is 5.58. The van der Waals surface area contributed by atoms with E-state index in [1.54, 1.807) is 18.2 Å². The minimum Gasteiger partial charge on any atom is -0.492 e. The predicted octanol–water partition coefficient (Wildman–Crippen LogP) is 3.78. The summed E-state index contributed by atoms with van der Waals surface area (Å²) < 4.78 is 6.42. The lowest BCUT2D eigenvalue weighted by Gasteiger charge is -2.09. The molecule has 0 atom stereocenters. The first-order valence-electron chi connectivity index (χ1n) is 7.81. The number of nitrogens with one attached hydrogen (secondary N) is 2. The van der Waals surface area contributed by atoms with E-state index in [4.69, 9.17) is 16.3 Å². The molecule has 26 heavy (non-hydrogen) atoms. The second kappa shape index (κ2) is 7.88. The van der Waals surface area contributed by atoms with Crippen LogP contribution in [0.3, 0.4) is 0 Å². The number of anilines is 1. The fourth-order valence-electron chi connectivity index (χ4n) is 2.48. The molecule has 0 spiro atoms. The molecule has 0 saturated heterocycles. The Hall–Kier alpha value is -2.38. The summed E-state index contributed by atoms with van der Waals surface area (Å²) in [5, 5.41) is 5.41. The Labute approximate surface area is 163 Å². The van der Waals surface area contributed by atoms with Crippen LogP contribution in [0, 0.1) is 0 Å². The van der Waals surface area contributed by atoms with Gasteiger partial charge in [-0.1, -0.05) is 27.5 Å². The van der Waals surface area contributed by atoms with Crippen LogP contribution in [-0.2, 0) is 4.79 Å². The van der Waals surface area contributed by atoms with Gasteiger partial charge in [0.1, 0.15) is 5.75 Å². The monoisotopic (exact) mass is 436 g/mol. The molecule has 3 amide bonds. The Morgan fingerprint density at radius 2 is 1.88 bits per heavy atom. The number of rotatable bonds is 6. The van der Waals surface area contributed by atoms with Gasteiger partial charge in [-0.05, 0) is 42.8 Å². The summed E-state index contributed by atoms with van der Waals surface area (Å²) in [7, 11) is 0. The fourth-order valence-corrected chi connectivity index (χ4v) is 3.20. The lowest BCUT2D eigenvalue weighted by atomic mass is 10.1. The maximum Gasteiger partial charge on any atom is 0.259 e. The largest absolute Gasteiger partial charge is 0.492 e. The van der Waals surface area contributed by atoms with E-state index in [9.17, 15) is 14.4 Å². The molecule has 2 aromatic rings. The zero-order valence-electron chi connectivity index (χ0n) is 13.5. The number of hydrogen-bond acceptors (Lipinski definition) is 4. The van der Waals surface area contributed by atoms with E-state index in [1.165, 1.54) is 12.1 Å². The summed E-state index contributed by atoms with van der Waals surface area (Å²) in [6.07, 6.45) is 0.749. The average molecular weight is 438 g/mol. The molecule has 2 N–H and O–H groups in total. The van der Waals surface area contributed by atoms with Crippen LogP contribution in [0.25, 0.3) is 0 Å².